The van der Waals surface area contributed by atoms with Crippen molar-refractivity contribution in [3.8, 4) is 11.5 Å². The molecule has 0 aliphatic carbocycles. The Bertz CT molecular complexity index is 1310. The molecule has 0 radical (unpaired) electrons. The fourth-order valence-corrected chi connectivity index (χ4v) is 4.77. The molecule has 180 valence electrons. The van der Waals surface area contributed by atoms with Crippen molar-refractivity contribution in [3.05, 3.63) is 89.6 Å². The second-order valence-corrected chi connectivity index (χ2v) is 8.93. The third-order valence-electron chi connectivity index (χ3n) is 6.73. The Hall–Kier alpha value is -3.93. The molecule has 3 aromatic carbocycles. The highest BCUT2D eigenvalue weighted by Crippen LogP contribution is 2.30. The fraction of sp³-hybridized carbons (Fsp3) is 0.276. The number of aryl methyl sites for hydroxylation is 1. The molecule has 6 heteroatoms. The number of carbonyl (C=O) groups is 1. The monoisotopic (exact) mass is 469 g/mol. The molecule has 0 saturated carbocycles. The molecule has 5 rings (SSSR count). The molecule has 1 saturated heterocycles. The van der Waals surface area contributed by atoms with Gasteiger partial charge < -0.3 is 24.3 Å². The molecule has 1 N–H and O–H groups in total. The summed E-state index contributed by atoms with van der Waals surface area (Å²) in [6.07, 6.45) is 0.378. The SMILES string of the molecule is COc1ccccc1N1CCN(C(=O)Cc2c(C)[nH]c3ccc(OCc4ccccc4)cc23)CC1. The lowest BCUT2D eigenvalue weighted by atomic mass is 10.1. The smallest absolute Gasteiger partial charge is 0.227 e. The average molecular weight is 470 g/mol. The van der Waals surface area contributed by atoms with E-state index in [9.17, 15) is 4.79 Å². The first-order valence-corrected chi connectivity index (χ1v) is 12.1. The topological polar surface area (TPSA) is 57.8 Å². The molecular weight excluding hydrogens is 438 g/mol. The first-order chi connectivity index (χ1) is 17.1. The van der Waals surface area contributed by atoms with Crippen LogP contribution in [0.5, 0.6) is 11.5 Å². The lowest BCUT2D eigenvalue weighted by molar-refractivity contribution is -0.130. The number of benzene rings is 3. The standard InChI is InChI=1S/C29H31N3O3/c1-21-24(25-18-23(12-13-26(25)30-21)35-20-22-8-4-3-5-9-22)19-29(33)32-16-14-31(15-17-32)27-10-6-7-11-28(27)34-2/h3-13,18,30H,14-17,19-20H2,1-2H3. The molecule has 0 spiro atoms. The van der Waals surface area contributed by atoms with Gasteiger partial charge in [-0.15, -0.1) is 0 Å². The van der Waals surface area contributed by atoms with Crippen molar-refractivity contribution in [1.82, 2.24) is 9.88 Å². The highest BCUT2D eigenvalue weighted by molar-refractivity contribution is 5.91. The molecule has 4 aromatic rings. The van der Waals surface area contributed by atoms with Crippen LogP contribution in [-0.4, -0.2) is 49.1 Å². The molecule has 35 heavy (non-hydrogen) atoms. The maximum atomic E-state index is 13.3. The van der Waals surface area contributed by atoms with Gasteiger partial charge in [-0.2, -0.15) is 0 Å². The number of hydrogen-bond donors (Lipinski definition) is 1. The van der Waals surface area contributed by atoms with Gasteiger partial charge in [-0.25, -0.2) is 0 Å². The minimum atomic E-state index is 0.157. The number of aromatic nitrogens is 1. The van der Waals surface area contributed by atoms with Crippen LogP contribution >= 0.6 is 0 Å². The Kier molecular flexibility index (Phi) is 6.62. The first-order valence-electron chi connectivity index (χ1n) is 12.1. The van der Waals surface area contributed by atoms with E-state index in [-0.39, 0.29) is 5.91 Å². The quantitative estimate of drug-likeness (QED) is 0.416. The number of nitrogens with zero attached hydrogens (tertiary/aromatic N) is 2. The molecule has 6 nitrogen and oxygen atoms in total. The maximum absolute atomic E-state index is 13.3. The summed E-state index contributed by atoms with van der Waals surface area (Å²) in [5.41, 5.74) is 5.31. The molecule has 1 aromatic heterocycles. The number of methoxy groups -OCH3 is 1. The van der Waals surface area contributed by atoms with Crippen LogP contribution in [0, 0.1) is 6.92 Å². The normalized spacial score (nSPS) is 13.8. The Morgan fingerprint density at radius 3 is 2.46 bits per heavy atom. The van der Waals surface area contributed by atoms with Crippen LogP contribution in [0.4, 0.5) is 5.69 Å². The summed E-state index contributed by atoms with van der Waals surface area (Å²) in [7, 11) is 1.69. The van der Waals surface area contributed by atoms with Gasteiger partial charge in [0, 0.05) is 42.8 Å². The maximum Gasteiger partial charge on any atom is 0.227 e. The second-order valence-electron chi connectivity index (χ2n) is 8.93. The number of anilines is 1. The Morgan fingerprint density at radius 2 is 1.69 bits per heavy atom. The van der Waals surface area contributed by atoms with Crippen LogP contribution in [0.15, 0.2) is 72.8 Å². The van der Waals surface area contributed by atoms with Gasteiger partial charge >= 0.3 is 0 Å². The zero-order valence-electron chi connectivity index (χ0n) is 20.3. The number of fused-ring (bicyclic) bond motifs is 1. The third kappa shape index (κ3) is 4.97. The number of aromatic amines is 1. The zero-order valence-corrected chi connectivity index (χ0v) is 20.3. The highest BCUT2D eigenvalue weighted by Gasteiger charge is 2.24. The van der Waals surface area contributed by atoms with E-state index in [4.69, 9.17) is 9.47 Å². The number of amides is 1. The van der Waals surface area contributed by atoms with E-state index in [0.717, 1.165) is 58.0 Å². The van der Waals surface area contributed by atoms with Crippen molar-refractivity contribution in [2.24, 2.45) is 0 Å². The predicted octanol–water partition coefficient (Wildman–Crippen LogP) is 4.96. The van der Waals surface area contributed by atoms with Gasteiger partial charge in [-0.3, -0.25) is 4.79 Å². The molecule has 0 atom stereocenters. The van der Waals surface area contributed by atoms with Crippen molar-refractivity contribution >= 4 is 22.5 Å². The van der Waals surface area contributed by atoms with Crippen molar-refractivity contribution in [3.63, 3.8) is 0 Å². The number of nitrogens with one attached hydrogen (secondary N) is 1. The van der Waals surface area contributed by atoms with Gasteiger partial charge in [-0.05, 0) is 48.4 Å². The van der Waals surface area contributed by atoms with E-state index >= 15 is 0 Å². The molecule has 0 unspecified atom stereocenters. The number of H-pyrrole nitrogens is 1. The summed E-state index contributed by atoms with van der Waals surface area (Å²) in [5, 5.41) is 1.05. The molecular formula is C29H31N3O3. The van der Waals surface area contributed by atoms with E-state index in [1.807, 2.05) is 66.4 Å². The highest BCUT2D eigenvalue weighted by atomic mass is 16.5. The summed E-state index contributed by atoms with van der Waals surface area (Å²) in [6, 6.07) is 24.2. The van der Waals surface area contributed by atoms with Crippen LogP contribution in [0.2, 0.25) is 0 Å². The lowest BCUT2D eigenvalue weighted by Gasteiger charge is -2.36. The number of hydrogen-bond acceptors (Lipinski definition) is 4. The number of carbonyl (C=O) groups excluding carboxylic acids is 1. The number of piperazine rings is 1. The van der Waals surface area contributed by atoms with Crippen LogP contribution in [0.3, 0.4) is 0 Å². The molecule has 1 aliphatic rings. The number of rotatable bonds is 7. The van der Waals surface area contributed by atoms with E-state index in [2.05, 4.69) is 28.1 Å². The first kappa shape index (κ1) is 22.8. The predicted molar refractivity (Wildman–Crippen MR) is 139 cm³/mol. The molecule has 0 bridgehead atoms. The minimum Gasteiger partial charge on any atom is -0.495 e. The van der Waals surface area contributed by atoms with Crippen molar-refractivity contribution in [2.45, 2.75) is 20.0 Å². The Balaban J connectivity index is 1.26. The molecule has 1 aliphatic heterocycles. The average Bonchev–Trinajstić information content (AvgIpc) is 3.22. The molecule has 1 fully saturated rings. The van der Waals surface area contributed by atoms with Gasteiger partial charge in [0.1, 0.15) is 18.1 Å². The van der Waals surface area contributed by atoms with E-state index in [0.29, 0.717) is 26.1 Å². The number of ether oxygens (including phenoxy) is 2. The van der Waals surface area contributed by atoms with Crippen LogP contribution < -0.4 is 14.4 Å². The van der Waals surface area contributed by atoms with Gasteiger partial charge in [0.05, 0.1) is 19.2 Å². The zero-order chi connectivity index (χ0) is 24.2. The van der Waals surface area contributed by atoms with E-state index in [1.54, 1.807) is 7.11 Å². The van der Waals surface area contributed by atoms with Gasteiger partial charge in [0.15, 0.2) is 0 Å². The van der Waals surface area contributed by atoms with Gasteiger partial charge in [-0.1, -0.05) is 42.5 Å². The summed E-state index contributed by atoms with van der Waals surface area (Å²) in [5.74, 6) is 1.83. The summed E-state index contributed by atoms with van der Waals surface area (Å²) in [4.78, 5) is 20.9. The van der Waals surface area contributed by atoms with Crippen LogP contribution in [0.1, 0.15) is 16.8 Å². The Morgan fingerprint density at radius 1 is 0.943 bits per heavy atom. The lowest BCUT2D eigenvalue weighted by Crippen LogP contribution is -2.49. The van der Waals surface area contributed by atoms with Crippen LogP contribution in [-0.2, 0) is 17.8 Å². The largest absolute Gasteiger partial charge is 0.495 e. The van der Waals surface area contributed by atoms with E-state index in [1.165, 1.54) is 0 Å². The summed E-state index contributed by atoms with van der Waals surface area (Å²) >= 11 is 0. The second kappa shape index (κ2) is 10.1. The van der Waals surface area contributed by atoms with Crippen molar-refractivity contribution < 1.29 is 14.3 Å². The number of para-hydroxylation sites is 2. The molecule has 2 heterocycles. The van der Waals surface area contributed by atoms with Gasteiger partial charge in [0.25, 0.3) is 0 Å². The summed E-state index contributed by atoms with van der Waals surface area (Å²) < 4.78 is 11.5. The van der Waals surface area contributed by atoms with Crippen molar-refractivity contribution in [1.29, 1.82) is 0 Å². The Labute approximate surface area is 206 Å². The van der Waals surface area contributed by atoms with E-state index < -0.39 is 0 Å². The summed E-state index contributed by atoms with van der Waals surface area (Å²) in [6.45, 7) is 5.52. The molecule has 1 amide bonds. The minimum absolute atomic E-state index is 0.157. The van der Waals surface area contributed by atoms with Crippen LogP contribution in [0.25, 0.3) is 10.9 Å². The third-order valence-corrected chi connectivity index (χ3v) is 6.73. The van der Waals surface area contributed by atoms with Gasteiger partial charge in [0.2, 0.25) is 5.91 Å². The fourth-order valence-electron chi connectivity index (χ4n) is 4.77. The van der Waals surface area contributed by atoms with Crippen molar-refractivity contribution in [2.75, 3.05) is 38.2 Å².